The van der Waals surface area contributed by atoms with Crippen LogP contribution in [0.1, 0.15) is 69.6 Å². The lowest BCUT2D eigenvalue weighted by atomic mass is 10.1. The quantitative estimate of drug-likeness (QED) is 0.0869. The van der Waals surface area contributed by atoms with Crippen LogP contribution in [0.2, 0.25) is 5.02 Å². The highest BCUT2D eigenvalue weighted by Gasteiger charge is 2.35. The van der Waals surface area contributed by atoms with E-state index in [-0.39, 0.29) is 23.4 Å². The topological polar surface area (TPSA) is 210 Å². The van der Waals surface area contributed by atoms with Crippen LogP contribution in [0.5, 0.6) is 0 Å². The molecule has 7 N–H and O–H groups in total. The van der Waals surface area contributed by atoms with Crippen LogP contribution >= 0.6 is 11.6 Å². The number of hydrazine groups is 1. The number of hydrogen-bond donors (Lipinski definition) is 6. The largest absolute Gasteiger partial charge is 0.368 e. The summed E-state index contributed by atoms with van der Waals surface area (Å²) in [5.41, 5.74) is 16.1. The molecule has 6 aromatic rings. The standard InChI is InChI=1S/C32H28ClN13O2/c33-22-10-11-23-19(4-2-12-36-23)28(22)46-27(17-8-9-17)21(15-39-46)30(48)41-32(35)44-43-31(34)40-29(47)20-14-38-45(26(20)16-6-7-16)24-5-1-3-18-13-37-42-25(18)24/h1-5,10-17H,6-9H2,(H,37,42)(H3,34,40,43,47)(H3,35,41,44,48). The van der Waals surface area contributed by atoms with Gasteiger partial charge in [-0.1, -0.05) is 23.7 Å². The van der Waals surface area contributed by atoms with E-state index in [1.807, 2.05) is 36.4 Å². The van der Waals surface area contributed by atoms with Gasteiger partial charge in [0.15, 0.2) is 0 Å². The first-order chi connectivity index (χ1) is 23.4. The number of nitrogens with one attached hydrogen (secondary N) is 5. The first kappa shape index (κ1) is 29.3. The summed E-state index contributed by atoms with van der Waals surface area (Å²) in [6.45, 7) is 0. The average Bonchev–Trinajstić information content (AvgIpc) is 3.97. The molecule has 0 bridgehead atoms. The number of carbonyl (C=O) groups is 2. The summed E-state index contributed by atoms with van der Waals surface area (Å²) in [5, 5.41) is 29.1. The van der Waals surface area contributed by atoms with Crippen molar-refractivity contribution in [3.05, 3.63) is 94.8 Å². The Morgan fingerprint density at radius 1 is 0.938 bits per heavy atom. The fourth-order valence-electron chi connectivity index (χ4n) is 5.92. The molecule has 2 amide bonds. The number of aliphatic imine (C=N–C) groups is 1. The number of amides is 2. The molecule has 4 aromatic heterocycles. The number of aromatic nitrogens is 7. The van der Waals surface area contributed by atoms with Crippen LogP contribution in [-0.2, 0) is 0 Å². The number of para-hydroxylation sites is 1. The number of aromatic amines is 1. The first-order valence-corrected chi connectivity index (χ1v) is 15.7. The van der Waals surface area contributed by atoms with Crippen molar-refractivity contribution < 1.29 is 9.59 Å². The van der Waals surface area contributed by atoms with E-state index in [9.17, 15) is 9.59 Å². The lowest BCUT2D eigenvalue weighted by Gasteiger charge is -2.13. The van der Waals surface area contributed by atoms with Crippen LogP contribution in [0, 0.1) is 5.41 Å². The van der Waals surface area contributed by atoms with Crippen molar-refractivity contribution in [3.63, 3.8) is 0 Å². The van der Waals surface area contributed by atoms with Gasteiger partial charge in [0.1, 0.15) is 0 Å². The van der Waals surface area contributed by atoms with Crippen molar-refractivity contribution in [2.45, 2.75) is 37.5 Å². The minimum absolute atomic E-state index is 0.109. The van der Waals surface area contributed by atoms with Crippen molar-refractivity contribution in [1.29, 1.82) is 5.41 Å². The molecule has 2 aliphatic rings. The SMILES string of the molecule is N=C(NNC(N)=NC(=O)c1cnn(-c2c(Cl)ccc3ncccc23)c1C1CC1)NC(=O)c1cnn(-c2cccc3cn[nH]c23)c1C1CC1. The number of carbonyl (C=O) groups excluding carboxylic acids is 2. The molecule has 2 aliphatic carbocycles. The first-order valence-electron chi connectivity index (χ1n) is 15.3. The number of rotatable bonds is 6. The maximum Gasteiger partial charge on any atom is 0.283 e. The third kappa shape index (κ3) is 5.29. The molecule has 0 aliphatic heterocycles. The molecule has 2 saturated carbocycles. The van der Waals surface area contributed by atoms with E-state index in [4.69, 9.17) is 22.7 Å². The molecular formula is C32H28ClN13O2. The van der Waals surface area contributed by atoms with Gasteiger partial charge in [-0.3, -0.25) is 41.2 Å². The number of halogens is 1. The van der Waals surface area contributed by atoms with Crippen LogP contribution in [0.25, 0.3) is 33.2 Å². The summed E-state index contributed by atoms with van der Waals surface area (Å²) in [7, 11) is 0. The molecule has 0 saturated heterocycles. The summed E-state index contributed by atoms with van der Waals surface area (Å²) in [4.78, 5) is 35.0. The number of guanidine groups is 2. The smallest absolute Gasteiger partial charge is 0.283 e. The van der Waals surface area contributed by atoms with E-state index in [0.717, 1.165) is 58.9 Å². The monoisotopic (exact) mass is 661 g/mol. The molecular weight excluding hydrogens is 634 g/mol. The van der Waals surface area contributed by atoms with Gasteiger partial charge in [-0.15, -0.1) is 0 Å². The third-order valence-electron chi connectivity index (χ3n) is 8.39. The van der Waals surface area contributed by atoms with Crippen LogP contribution in [-0.4, -0.2) is 58.5 Å². The molecule has 2 fully saturated rings. The third-order valence-corrected chi connectivity index (χ3v) is 8.70. The molecule has 0 spiro atoms. The Balaban J connectivity index is 0.968. The molecule has 16 heteroatoms. The minimum atomic E-state index is -0.617. The van der Waals surface area contributed by atoms with Gasteiger partial charge >= 0.3 is 0 Å². The van der Waals surface area contributed by atoms with E-state index in [1.54, 1.807) is 27.8 Å². The second-order valence-corrected chi connectivity index (χ2v) is 12.1. The molecule has 0 unspecified atom stereocenters. The zero-order chi connectivity index (χ0) is 32.9. The van der Waals surface area contributed by atoms with Crippen molar-refractivity contribution in [2.24, 2.45) is 10.7 Å². The Morgan fingerprint density at radius 2 is 1.69 bits per heavy atom. The van der Waals surface area contributed by atoms with Gasteiger partial charge in [-0.25, -0.2) is 9.36 Å². The lowest BCUT2D eigenvalue weighted by Crippen LogP contribution is -2.51. The van der Waals surface area contributed by atoms with Crippen LogP contribution < -0.4 is 21.9 Å². The Hall–Kier alpha value is -6.09. The highest BCUT2D eigenvalue weighted by atomic mass is 35.5. The van der Waals surface area contributed by atoms with Crippen LogP contribution in [0.15, 0.2) is 72.2 Å². The van der Waals surface area contributed by atoms with E-state index in [0.29, 0.717) is 22.0 Å². The number of H-pyrrole nitrogens is 1. The number of nitrogens with zero attached hydrogens (tertiary/aromatic N) is 7. The Bertz CT molecular complexity index is 2290. The lowest BCUT2D eigenvalue weighted by molar-refractivity contribution is 0.0971. The van der Waals surface area contributed by atoms with Gasteiger partial charge in [-0.2, -0.15) is 20.3 Å². The second kappa shape index (κ2) is 11.6. The summed E-state index contributed by atoms with van der Waals surface area (Å²) in [6.07, 6.45) is 10.0. The summed E-state index contributed by atoms with van der Waals surface area (Å²) in [6, 6.07) is 13.1. The van der Waals surface area contributed by atoms with Gasteiger partial charge in [0.05, 0.1) is 68.5 Å². The fraction of sp³-hybridized carbons (Fsp3) is 0.188. The number of hydrogen-bond acceptors (Lipinski definition) is 7. The fourth-order valence-corrected chi connectivity index (χ4v) is 6.16. The van der Waals surface area contributed by atoms with Gasteiger partial charge in [0, 0.05) is 28.8 Å². The number of nitrogens with two attached hydrogens (primary N) is 1. The molecule has 0 radical (unpaired) electrons. The predicted molar refractivity (Wildman–Crippen MR) is 178 cm³/mol. The predicted octanol–water partition coefficient (Wildman–Crippen LogP) is 3.80. The number of benzene rings is 2. The Morgan fingerprint density at radius 3 is 2.48 bits per heavy atom. The van der Waals surface area contributed by atoms with Crippen molar-refractivity contribution in [3.8, 4) is 11.4 Å². The zero-order valence-electron chi connectivity index (χ0n) is 25.2. The van der Waals surface area contributed by atoms with E-state index < -0.39 is 17.8 Å². The molecule has 15 nitrogen and oxygen atoms in total. The second-order valence-electron chi connectivity index (χ2n) is 11.7. The van der Waals surface area contributed by atoms with Gasteiger partial charge in [-0.05, 0) is 56.0 Å². The highest BCUT2D eigenvalue weighted by Crippen LogP contribution is 2.44. The highest BCUT2D eigenvalue weighted by molar-refractivity contribution is 6.33. The van der Waals surface area contributed by atoms with Crippen molar-refractivity contribution >= 4 is 57.1 Å². The molecule has 4 heterocycles. The van der Waals surface area contributed by atoms with E-state index >= 15 is 0 Å². The summed E-state index contributed by atoms with van der Waals surface area (Å²) >= 11 is 6.63. The molecule has 8 rings (SSSR count). The normalized spacial score (nSPS) is 14.7. The minimum Gasteiger partial charge on any atom is -0.368 e. The van der Waals surface area contributed by atoms with Crippen LogP contribution in [0.3, 0.4) is 0 Å². The van der Waals surface area contributed by atoms with E-state index in [1.165, 1.54) is 12.4 Å². The zero-order valence-corrected chi connectivity index (χ0v) is 26.0. The number of fused-ring (bicyclic) bond motifs is 2. The maximum absolute atomic E-state index is 13.3. The van der Waals surface area contributed by atoms with Gasteiger partial charge in [0.25, 0.3) is 11.8 Å². The maximum atomic E-state index is 13.3. The molecule has 2 aromatic carbocycles. The summed E-state index contributed by atoms with van der Waals surface area (Å²) in [5.74, 6) is -1.57. The van der Waals surface area contributed by atoms with Gasteiger partial charge in [0.2, 0.25) is 11.9 Å². The van der Waals surface area contributed by atoms with Crippen molar-refractivity contribution in [2.75, 3.05) is 0 Å². The Labute approximate surface area is 277 Å². The molecule has 48 heavy (non-hydrogen) atoms. The van der Waals surface area contributed by atoms with Gasteiger partial charge < -0.3 is 5.73 Å². The summed E-state index contributed by atoms with van der Waals surface area (Å²) < 4.78 is 3.44. The van der Waals surface area contributed by atoms with Crippen LogP contribution in [0.4, 0.5) is 0 Å². The van der Waals surface area contributed by atoms with E-state index in [2.05, 4.69) is 46.5 Å². The van der Waals surface area contributed by atoms with Crippen molar-refractivity contribution in [1.82, 2.24) is 50.9 Å². The number of pyridine rings is 1. The average molecular weight is 662 g/mol. The molecule has 240 valence electrons. The molecule has 0 atom stereocenters. The Kier molecular flexibility index (Phi) is 7.09.